The Kier molecular flexibility index (Phi) is 7.13. The fraction of sp³-hybridized carbons (Fsp3) is 0.448. The van der Waals surface area contributed by atoms with Gasteiger partial charge in [-0.3, -0.25) is 0 Å². The highest BCUT2D eigenvalue weighted by atomic mass is 16.6. The number of epoxide rings is 2. The van der Waals surface area contributed by atoms with E-state index in [1.807, 2.05) is 0 Å². The summed E-state index contributed by atoms with van der Waals surface area (Å²) in [4.78, 5) is 0. The summed E-state index contributed by atoms with van der Waals surface area (Å²) in [5, 5.41) is 0. The molecule has 174 valence electrons. The molecule has 0 saturated carbocycles. The van der Waals surface area contributed by atoms with Gasteiger partial charge in [-0.05, 0) is 47.7 Å². The van der Waals surface area contributed by atoms with Crippen LogP contribution < -0.4 is 9.47 Å². The van der Waals surface area contributed by atoms with E-state index in [9.17, 15) is 0 Å². The lowest BCUT2D eigenvalue weighted by atomic mass is 9.86. The first-order chi connectivity index (χ1) is 16.3. The lowest BCUT2D eigenvalue weighted by Gasteiger charge is -2.20. The van der Waals surface area contributed by atoms with Crippen LogP contribution in [0.1, 0.15) is 54.7 Å². The normalized spacial score (nSPS) is 25.1. The molecule has 33 heavy (non-hydrogen) atoms. The van der Waals surface area contributed by atoms with Gasteiger partial charge in [0.2, 0.25) is 0 Å². The highest BCUT2D eigenvalue weighted by molar-refractivity contribution is 5.44. The molecule has 2 unspecified atom stereocenters. The van der Waals surface area contributed by atoms with Gasteiger partial charge in [0.1, 0.15) is 36.9 Å². The first kappa shape index (κ1) is 22.2. The number of benzene rings is 2. The summed E-state index contributed by atoms with van der Waals surface area (Å²) in [6.07, 6.45) is 14.6. The quantitative estimate of drug-likeness (QED) is 0.229. The van der Waals surface area contributed by atoms with Crippen molar-refractivity contribution in [2.45, 2.75) is 56.7 Å². The van der Waals surface area contributed by atoms with Crippen LogP contribution in [0.15, 0.2) is 66.8 Å². The molecule has 0 N–H and O–H groups in total. The Morgan fingerprint density at radius 2 is 1.36 bits per heavy atom. The molecule has 5 rings (SSSR count). The van der Waals surface area contributed by atoms with Crippen LogP contribution in [0.5, 0.6) is 11.5 Å². The zero-order chi connectivity index (χ0) is 22.5. The second-order valence-electron chi connectivity index (χ2n) is 9.25. The molecular formula is C29H34O4. The number of unbranched alkanes of at least 4 members (excludes halogenated alkanes) is 2. The van der Waals surface area contributed by atoms with Gasteiger partial charge in [-0.1, -0.05) is 68.3 Å². The van der Waals surface area contributed by atoms with E-state index in [-0.39, 0.29) is 12.2 Å². The van der Waals surface area contributed by atoms with Crippen LogP contribution in [0, 0.1) is 0 Å². The SMILES string of the molecule is CCCCCc1cc(C2C=CC(c3ccc(OCC4CO4)cc3)C=C2)ccc1OCC1CO1. The zero-order valence-corrected chi connectivity index (χ0v) is 19.5. The van der Waals surface area contributed by atoms with E-state index in [1.54, 1.807) is 0 Å². The maximum atomic E-state index is 6.07. The van der Waals surface area contributed by atoms with E-state index < -0.39 is 0 Å². The predicted octanol–water partition coefficient (Wildman–Crippen LogP) is 5.97. The average molecular weight is 447 g/mol. The average Bonchev–Trinajstić information content (AvgIpc) is 3.78. The molecule has 0 spiro atoms. The first-order valence-electron chi connectivity index (χ1n) is 12.4. The van der Waals surface area contributed by atoms with E-state index in [0.717, 1.165) is 31.1 Å². The first-order valence-corrected chi connectivity index (χ1v) is 12.4. The van der Waals surface area contributed by atoms with E-state index in [2.05, 4.69) is 73.7 Å². The molecule has 2 aromatic rings. The Morgan fingerprint density at radius 1 is 0.758 bits per heavy atom. The van der Waals surface area contributed by atoms with Gasteiger partial charge in [-0.25, -0.2) is 0 Å². The molecule has 1 aliphatic carbocycles. The number of hydrogen-bond donors (Lipinski definition) is 0. The van der Waals surface area contributed by atoms with Crippen molar-refractivity contribution in [3.05, 3.63) is 83.5 Å². The van der Waals surface area contributed by atoms with Crippen molar-refractivity contribution in [2.75, 3.05) is 26.4 Å². The number of rotatable bonds is 12. The molecule has 4 nitrogen and oxygen atoms in total. The fourth-order valence-electron chi connectivity index (χ4n) is 4.25. The van der Waals surface area contributed by atoms with Crippen LogP contribution in [0.4, 0.5) is 0 Å². The molecule has 2 aromatic carbocycles. The second kappa shape index (κ2) is 10.6. The van der Waals surface area contributed by atoms with Crippen molar-refractivity contribution in [1.29, 1.82) is 0 Å². The van der Waals surface area contributed by atoms with Crippen LogP contribution in [0.3, 0.4) is 0 Å². The maximum Gasteiger partial charge on any atom is 0.122 e. The van der Waals surface area contributed by atoms with E-state index in [4.69, 9.17) is 18.9 Å². The molecule has 3 aliphatic rings. The summed E-state index contributed by atoms with van der Waals surface area (Å²) in [7, 11) is 0. The van der Waals surface area contributed by atoms with E-state index in [1.165, 1.54) is 36.0 Å². The van der Waals surface area contributed by atoms with Crippen LogP contribution in [-0.4, -0.2) is 38.6 Å². The van der Waals surface area contributed by atoms with Crippen LogP contribution in [0.25, 0.3) is 0 Å². The standard InChI is InChI=1S/C29H34O4/c1-2-3-4-5-25-16-24(12-15-29(25)33-20-28-19-32-28)23-8-6-21(7-9-23)22-10-13-26(14-11-22)30-17-27-18-31-27/h6-16,21,23,27-28H,2-5,17-20H2,1H3. The summed E-state index contributed by atoms with van der Waals surface area (Å²) >= 11 is 0. The Hall–Kier alpha value is -2.56. The molecule has 0 radical (unpaired) electrons. The summed E-state index contributed by atoms with van der Waals surface area (Å²) < 4.78 is 22.3. The fourth-order valence-corrected chi connectivity index (χ4v) is 4.25. The van der Waals surface area contributed by atoms with Gasteiger partial charge in [0, 0.05) is 11.8 Å². The Labute approximate surface area is 197 Å². The van der Waals surface area contributed by atoms with Gasteiger partial charge in [-0.15, -0.1) is 0 Å². The minimum absolute atomic E-state index is 0.280. The lowest BCUT2D eigenvalue weighted by Crippen LogP contribution is -2.07. The smallest absolute Gasteiger partial charge is 0.122 e. The monoisotopic (exact) mass is 446 g/mol. The summed E-state index contributed by atoms with van der Waals surface area (Å²) in [6.45, 7) is 5.19. The molecule has 0 aromatic heterocycles. The summed E-state index contributed by atoms with van der Waals surface area (Å²) in [5.41, 5.74) is 3.92. The van der Waals surface area contributed by atoms with E-state index >= 15 is 0 Å². The molecule has 2 saturated heterocycles. The number of aryl methyl sites for hydroxylation is 1. The Balaban J connectivity index is 1.22. The molecule has 2 fully saturated rings. The molecule has 0 amide bonds. The largest absolute Gasteiger partial charge is 0.491 e. The molecular weight excluding hydrogens is 412 g/mol. The minimum Gasteiger partial charge on any atom is -0.491 e. The highest BCUT2D eigenvalue weighted by Crippen LogP contribution is 2.33. The third-order valence-corrected chi connectivity index (χ3v) is 6.50. The second-order valence-corrected chi connectivity index (χ2v) is 9.25. The van der Waals surface area contributed by atoms with Crippen molar-refractivity contribution in [2.24, 2.45) is 0 Å². The Morgan fingerprint density at radius 3 is 2.00 bits per heavy atom. The van der Waals surface area contributed by atoms with Gasteiger partial charge in [0.15, 0.2) is 0 Å². The number of hydrogen-bond acceptors (Lipinski definition) is 4. The maximum absolute atomic E-state index is 6.07. The molecule has 2 heterocycles. The topological polar surface area (TPSA) is 43.5 Å². The minimum atomic E-state index is 0.280. The molecule has 4 heteroatoms. The van der Waals surface area contributed by atoms with Gasteiger partial charge in [-0.2, -0.15) is 0 Å². The van der Waals surface area contributed by atoms with E-state index in [0.29, 0.717) is 25.0 Å². The van der Waals surface area contributed by atoms with Crippen molar-refractivity contribution in [1.82, 2.24) is 0 Å². The molecule has 0 bridgehead atoms. The van der Waals surface area contributed by atoms with Crippen molar-refractivity contribution < 1.29 is 18.9 Å². The lowest BCUT2D eigenvalue weighted by molar-refractivity contribution is 0.261. The zero-order valence-electron chi connectivity index (χ0n) is 19.5. The van der Waals surface area contributed by atoms with Crippen molar-refractivity contribution >= 4 is 0 Å². The third kappa shape index (κ3) is 6.27. The van der Waals surface area contributed by atoms with Gasteiger partial charge in [0.05, 0.1) is 13.2 Å². The van der Waals surface area contributed by atoms with Crippen molar-refractivity contribution in [3.8, 4) is 11.5 Å². The molecule has 2 aliphatic heterocycles. The predicted molar refractivity (Wildman–Crippen MR) is 130 cm³/mol. The van der Waals surface area contributed by atoms with Crippen LogP contribution in [0.2, 0.25) is 0 Å². The number of ether oxygens (including phenoxy) is 4. The highest BCUT2D eigenvalue weighted by Gasteiger charge is 2.24. The van der Waals surface area contributed by atoms with Crippen molar-refractivity contribution in [3.63, 3.8) is 0 Å². The van der Waals surface area contributed by atoms with Crippen LogP contribution in [-0.2, 0) is 15.9 Å². The Bertz CT molecular complexity index is 956. The van der Waals surface area contributed by atoms with Gasteiger partial charge < -0.3 is 18.9 Å². The van der Waals surface area contributed by atoms with Gasteiger partial charge >= 0.3 is 0 Å². The third-order valence-electron chi connectivity index (χ3n) is 6.50. The number of allylic oxidation sites excluding steroid dienone is 4. The summed E-state index contributed by atoms with van der Waals surface area (Å²) in [5.74, 6) is 2.52. The van der Waals surface area contributed by atoms with Crippen LogP contribution >= 0.6 is 0 Å². The summed E-state index contributed by atoms with van der Waals surface area (Å²) in [6, 6.07) is 15.1. The van der Waals surface area contributed by atoms with Gasteiger partial charge in [0.25, 0.3) is 0 Å². The molecule has 2 atom stereocenters.